The van der Waals surface area contributed by atoms with E-state index in [9.17, 15) is 14.5 Å². The van der Waals surface area contributed by atoms with E-state index < -0.39 is 43.9 Å². The van der Waals surface area contributed by atoms with Gasteiger partial charge in [-0.25, -0.2) is 4.79 Å². The maximum atomic E-state index is 12.3. The van der Waals surface area contributed by atoms with E-state index in [4.69, 9.17) is 23.3 Å². The van der Waals surface area contributed by atoms with Crippen molar-refractivity contribution in [1.29, 1.82) is 0 Å². The Hall–Kier alpha value is -1.22. The SMILES string of the molecule is BC1OC(OCP(=O)(OC)OC)C(OC(=O)c2ccccc2)C1(C)O. The summed E-state index contributed by atoms with van der Waals surface area (Å²) in [6.45, 7) is 1.48. The summed E-state index contributed by atoms with van der Waals surface area (Å²) in [5.74, 6) is -0.626. The van der Waals surface area contributed by atoms with Crippen LogP contribution in [-0.4, -0.2) is 63.5 Å². The lowest BCUT2D eigenvalue weighted by Crippen LogP contribution is -2.48. The van der Waals surface area contributed by atoms with Crippen LogP contribution in [0.1, 0.15) is 17.3 Å². The molecule has 10 heteroatoms. The van der Waals surface area contributed by atoms with Crippen LogP contribution < -0.4 is 0 Å². The van der Waals surface area contributed by atoms with Crippen LogP contribution in [0.5, 0.6) is 0 Å². The van der Waals surface area contributed by atoms with Crippen LogP contribution in [0.15, 0.2) is 30.3 Å². The maximum absolute atomic E-state index is 12.3. The quantitative estimate of drug-likeness (QED) is 0.425. The molecule has 25 heavy (non-hydrogen) atoms. The van der Waals surface area contributed by atoms with E-state index in [0.717, 1.165) is 0 Å². The first-order valence-corrected chi connectivity index (χ1v) is 9.42. The van der Waals surface area contributed by atoms with Gasteiger partial charge in [-0.2, -0.15) is 0 Å². The first kappa shape index (κ1) is 20.1. The van der Waals surface area contributed by atoms with Crippen molar-refractivity contribution in [2.24, 2.45) is 0 Å². The van der Waals surface area contributed by atoms with Crippen LogP contribution in [0.4, 0.5) is 0 Å². The molecular formula is C15H22BO8P. The number of carbonyl (C=O) groups is 1. The molecular weight excluding hydrogens is 350 g/mol. The average Bonchev–Trinajstić information content (AvgIpc) is 2.83. The molecule has 0 aromatic heterocycles. The molecule has 1 aromatic rings. The van der Waals surface area contributed by atoms with Crippen LogP contribution in [0, 0.1) is 0 Å². The van der Waals surface area contributed by atoms with Gasteiger partial charge < -0.3 is 28.4 Å². The molecule has 0 spiro atoms. The summed E-state index contributed by atoms with van der Waals surface area (Å²) in [5, 5.41) is 10.6. The van der Waals surface area contributed by atoms with Gasteiger partial charge in [0.25, 0.3) is 0 Å². The second kappa shape index (κ2) is 7.99. The van der Waals surface area contributed by atoms with Crippen molar-refractivity contribution in [3.8, 4) is 0 Å². The number of hydrogen-bond donors (Lipinski definition) is 1. The van der Waals surface area contributed by atoms with Gasteiger partial charge >= 0.3 is 13.6 Å². The zero-order chi connectivity index (χ0) is 18.7. The molecule has 1 saturated heterocycles. The largest absolute Gasteiger partial charge is 0.450 e. The number of hydrogen-bond acceptors (Lipinski definition) is 8. The summed E-state index contributed by atoms with van der Waals surface area (Å²) in [7, 11) is 0.648. The lowest BCUT2D eigenvalue weighted by Gasteiger charge is -2.28. The predicted octanol–water partition coefficient (Wildman–Crippen LogP) is 0.738. The number of ether oxygens (including phenoxy) is 3. The Morgan fingerprint density at radius 3 is 2.48 bits per heavy atom. The fraction of sp³-hybridized carbons (Fsp3) is 0.533. The lowest BCUT2D eigenvalue weighted by molar-refractivity contribution is -0.153. The highest BCUT2D eigenvalue weighted by Gasteiger charge is 2.54. The van der Waals surface area contributed by atoms with E-state index in [2.05, 4.69) is 0 Å². The van der Waals surface area contributed by atoms with Gasteiger partial charge in [0.2, 0.25) is 0 Å². The minimum absolute atomic E-state index is 0.330. The van der Waals surface area contributed by atoms with Gasteiger partial charge in [0.05, 0.1) is 11.6 Å². The van der Waals surface area contributed by atoms with E-state index in [-0.39, 0.29) is 0 Å². The minimum Gasteiger partial charge on any atom is -0.450 e. The highest BCUT2D eigenvalue weighted by Crippen LogP contribution is 2.47. The topological polar surface area (TPSA) is 101 Å². The molecule has 138 valence electrons. The van der Waals surface area contributed by atoms with Gasteiger partial charge in [0, 0.05) is 14.2 Å². The second-order valence-electron chi connectivity index (χ2n) is 5.84. The highest BCUT2D eigenvalue weighted by molar-refractivity contribution is 7.53. The molecule has 0 bridgehead atoms. The Labute approximate surface area is 147 Å². The summed E-state index contributed by atoms with van der Waals surface area (Å²) < 4.78 is 38.1. The maximum Gasteiger partial charge on any atom is 0.355 e. The Bertz CT molecular complexity index is 630. The molecule has 1 aromatic carbocycles. The van der Waals surface area contributed by atoms with Gasteiger partial charge in [0.1, 0.15) is 13.4 Å². The van der Waals surface area contributed by atoms with Crippen LogP contribution in [-0.2, 0) is 27.8 Å². The summed E-state index contributed by atoms with van der Waals surface area (Å²) in [6.07, 6.45) is -2.64. The fourth-order valence-electron chi connectivity index (χ4n) is 2.32. The first-order valence-electron chi connectivity index (χ1n) is 7.69. The van der Waals surface area contributed by atoms with E-state index in [1.807, 2.05) is 0 Å². The van der Waals surface area contributed by atoms with Crippen molar-refractivity contribution >= 4 is 21.4 Å². The zero-order valence-corrected chi connectivity index (χ0v) is 15.5. The predicted molar refractivity (Wildman–Crippen MR) is 91.1 cm³/mol. The molecule has 1 N–H and O–H groups in total. The Morgan fingerprint density at radius 2 is 1.92 bits per heavy atom. The average molecular weight is 372 g/mol. The molecule has 4 unspecified atom stereocenters. The van der Waals surface area contributed by atoms with Gasteiger partial charge in [-0.1, -0.05) is 18.2 Å². The normalized spacial score (nSPS) is 29.5. The molecule has 1 aliphatic rings. The summed E-state index contributed by atoms with van der Waals surface area (Å²) in [6, 6.07) is 7.68. The standard InChI is InChI=1S/C15H22BO8P/c1-15(18)11(23-12(17)10-7-5-4-6-8-10)13(24-14(15)16)22-9-25(19,20-2)21-3/h4-8,11,13-14,18H,9,16H2,1-3H3. The molecule has 4 atom stereocenters. The number of benzene rings is 1. The Balaban J connectivity index is 2.13. The molecule has 8 nitrogen and oxygen atoms in total. The third-order valence-corrected chi connectivity index (χ3v) is 5.76. The number of esters is 1. The van der Waals surface area contributed by atoms with Crippen LogP contribution >= 0.6 is 7.60 Å². The molecule has 1 fully saturated rings. The highest BCUT2D eigenvalue weighted by atomic mass is 31.2. The van der Waals surface area contributed by atoms with Crippen molar-refractivity contribution in [3.05, 3.63) is 35.9 Å². The second-order valence-corrected chi connectivity index (χ2v) is 8.05. The third-order valence-electron chi connectivity index (χ3n) is 4.18. The lowest BCUT2D eigenvalue weighted by atomic mass is 9.82. The monoisotopic (exact) mass is 372 g/mol. The van der Waals surface area contributed by atoms with Crippen molar-refractivity contribution in [1.82, 2.24) is 0 Å². The third kappa shape index (κ3) is 4.50. The molecule has 1 aliphatic heterocycles. The number of aliphatic hydroxyl groups is 1. The smallest absolute Gasteiger partial charge is 0.355 e. The van der Waals surface area contributed by atoms with Gasteiger partial charge in [0.15, 0.2) is 18.7 Å². The molecule has 0 aliphatic carbocycles. The zero-order valence-electron chi connectivity index (χ0n) is 14.6. The Kier molecular flexibility index (Phi) is 6.43. The summed E-state index contributed by atoms with van der Waals surface area (Å²) in [5.41, 5.74) is -1.16. The van der Waals surface area contributed by atoms with E-state index in [0.29, 0.717) is 5.56 Å². The van der Waals surface area contributed by atoms with E-state index in [1.54, 1.807) is 38.2 Å². The van der Waals surface area contributed by atoms with Crippen molar-refractivity contribution < 1.29 is 37.7 Å². The number of carbonyl (C=O) groups excluding carboxylic acids is 1. The van der Waals surface area contributed by atoms with Crippen LogP contribution in [0.25, 0.3) is 0 Å². The molecule has 1 heterocycles. The van der Waals surface area contributed by atoms with Gasteiger partial charge in [-0.05, 0) is 19.1 Å². The molecule has 0 amide bonds. The Morgan fingerprint density at radius 1 is 1.32 bits per heavy atom. The van der Waals surface area contributed by atoms with Crippen molar-refractivity contribution in [3.63, 3.8) is 0 Å². The molecule has 0 radical (unpaired) electrons. The van der Waals surface area contributed by atoms with Gasteiger partial charge in [-0.15, -0.1) is 0 Å². The summed E-state index contributed by atoms with van der Waals surface area (Å²) in [4.78, 5) is 12.3. The molecule has 0 saturated carbocycles. The minimum atomic E-state index is -3.44. The fourth-order valence-corrected chi connectivity index (χ4v) is 3.01. The van der Waals surface area contributed by atoms with Crippen LogP contribution in [0.3, 0.4) is 0 Å². The van der Waals surface area contributed by atoms with Gasteiger partial charge in [-0.3, -0.25) is 4.57 Å². The van der Waals surface area contributed by atoms with Crippen LogP contribution in [0.2, 0.25) is 0 Å². The van der Waals surface area contributed by atoms with E-state index in [1.165, 1.54) is 21.1 Å². The first-order chi connectivity index (χ1) is 11.7. The number of rotatable bonds is 7. The molecule has 2 rings (SSSR count). The van der Waals surface area contributed by atoms with Crippen molar-refractivity contribution in [2.45, 2.75) is 30.9 Å². The van der Waals surface area contributed by atoms with E-state index >= 15 is 0 Å². The summed E-state index contributed by atoms with van der Waals surface area (Å²) >= 11 is 0. The van der Waals surface area contributed by atoms with Crippen molar-refractivity contribution in [2.75, 3.05) is 20.6 Å².